The van der Waals surface area contributed by atoms with Gasteiger partial charge in [0.25, 0.3) is 5.91 Å². The lowest BCUT2D eigenvalue weighted by atomic mass is 10.1. The van der Waals surface area contributed by atoms with Gasteiger partial charge in [-0.1, -0.05) is 0 Å². The summed E-state index contributed by atoms with van der Waals surface area (Å²) in [6.07, 6.45) is 3.08. The summed E-state index contributed by atoms with van der Waals surface area (Å²) in [4.78, 5) is 25.1. The molecule has 144 valence electrons. The van der Waals surface area contributed by atoms with Gasteiger partial charge in [0, 0.05) is 11.4 Å². The molecule has 9 nitrogen and oxygen atoms in total. The monoisotopic (exact) mass is 398 g/mol. The Labute approximate surface area is 166 Å². The molecule has 0 radical (unpaired) electrons. The first-order valence-corrected chi connectivity index (χ1v) is 7.99. The second-order valence-electron chi connectivity index (χ2n) is 6.01. The summed E-state index contributed by atoms with van der Waals surface area (Å²) in [6, 6.07) is 5.30. The molecule has 2 aromatic heterocycles. The van der Waals surface area contributed by atoms with Gasteiger partial charge in [-0.2, -0.15) is 5.26 Å². The van der Waals surface area contributed by atoms with Crippen LogP contribution in [0.25, 0.3) is 22.1 Å². The highest BCUT2D eigenvalue weighted by Crippen LogP contribution is 2.24. The van der Waals surface area contributed by atoms with Crippen molar-refractivity contribution in [2.75, 3.05) is 11.5 Å². The molecule has 0 saturated carbocycles. The normalized spacial score (nSPS) is 10.0. The molecule has 0 atom stereocenters. The van der Waals surface area contributed by atoms with Crippen molar-refractivity contribution in [3.63, 3.8) is 0 Å². The molecule has 4 rings (SSSR count). The maximum absolute atomic E-state index is 11.1. The number of nitriles is 1. The number of aromatic amines is 2. The molecular formula is C18H19ClN8O. The number of hydrogen-bond donors (Lipinski definition) is 5. The maximum Gasteiger partial charge on any atom is 0.250 e. The summed E-state index contributed by atoms with van der Waals surface area (Å²) >= 11 is 0. The van der Waals surface area contributed by atoms with Crippen LogP contribution in [-0.2, 0) is 0 Å². The highest BCUT2D eigenvalue weighted by Gasteiger charge is 2.12. The van der Waals surface area contributed by atoms with Crippen molar-refractivity contribution >= 4 is 51.8 Å². The lowest BCUT2D eigenvalue weighted by molar-refractivity contribution is 0.100. The smallest absolute Gasteiger partial charge is 0.250 e. The van der Waals surface area contributed by atoms with E-state index in [2.05, 4.69) is 26.0 Å². The Morgan fingerprint density at radius 1 is 1.00 bits per heavy atom. The predicted octanol–water partition coefficient (Wildman–Crippen LogP) is 2.30. The van der Waals surface area contributed by atoms with Crippen molar-refractivity contribution < 1.29 is 4.79 Å². The number of anilines is 2. The van der Waals surface area contributed by atoms with Crippen molar-refractivity contribution in [2.45, 2.75) is 13.8 Å². The Morgan fingerprint density at radius 2 is 1.50 bits per heavy atom. The zero-order valence-electron chi connectivity index (χ0n) is 15.2. The van der Waals surface area contributed by atoms with E-state index in [0.29, 0.717) is 33.5 Å². The van der Waals surface area contributed by atoms with E-state index in [1.54, 1.807) is 18.5 Å². The van der Waals surface area contributed by atoms with E-state index in [1.165, 1.54) is 6.33 Å². The molecule has 0 fully saturated rings. The van der Waals surface area contributed by atoms with E-state index in [9.17, 15) is 4.79 Å². The first kappa shape index (κ1) is 20.5. The lowest BCUT2D eigenvalue weighted by Gasteiger charge is -2.04. The summed E-state index contributed by atoms with van der Waals surface area (Å²) < 4.78 is 0. The second-order valence-corrected chi connectivity index (χ2v) is 6.01. The van der Waals surface area contributed by atoms with E-state index < -0.39 is 5.91 Å². The van der Waals surface area contributed by atoms with Crippen LogP contribution >= 0.6 is 12.4 Å². The summed E-state index contributed by atoms with van der Waals surface area (Å²) in [6.45, 7) is 3.74. The zero-order valence-corrected chi connectivity index (χ0v) is 16.0. The highest BCUT2D eigenvalue weighted by molar-refractivity contribution is 6.06. The molecule has 28 heavy (non-hydrogen) atoms. The number of primary amides is 1. The molecule has 2 heterocycles. The number of rotatable bonds is 1. The van der Waals surface area contributed by atoms with Gasteiger partial charge in [-0.25, -0.2) is 9.97 Å². The van der Waals surface area contributed by atoms with Crippen LogP contribution in [0.4, 0.5) is 11.4 Å². The van der Waals surface area contributed by atoms with E-state index in [4.69, 9.17) is 22.5 Å². The summed E-state index contributed by atoms with van der Waals surface area (Å²) in [7, 11) is 0. The Hall–Kier alpha value is -3.77. The minimum Gasteiger partial charge on any atom is -0.398 e. The third-order valence-electron chi connectivity index (χ3n) is 4.38. The highest BCUT2D eigenvalue weighted by atomic mass is 35.5. The van der Waals surface area contributed by atoms with Gasteiger partial charge in [0.1, 0.15) is 6.07 Å². The van der Waals surface area contributed by atoms with Gasteiger partial charge in [0.2, 0.25) is 0 Å². The quantitative estimate of drug-likeness (QED) is 0.307. The van der Waals surface area contributed by atoms with Crippen molar-refractivity contribution in [1.29, 1.82) is 5.26 Å². The predicted molar refractivity (Wildman–Crippen MR) is 111 cm³/mol. The summed E-state index contributed by atoms with van der Waals surface area (Å²) in [5, 5.41) is 8.82. The molecule has 0 saturated heterocycles. The van der Waals surface area contributed by atoms with Gasteiger partial charge >= 0.3 is 0 Å². The fraction of sp³-hybridized carbons (Fsp3) is 0.111. The number of nitrogen functional groups attached to an aromatic ring is 2. The molecule has 10 heteroatoms. The largest absolute Gasteiger partial charge is 0.398 e. The topological polar surface area (TPSA) is 176 Å². The first-order valence-electron chi connectivity index (χ1n) is 7.99. The number of aryl methyl sites for hydroxylation is 2. The number of fused-ring (bicyclic) bond motifs is 2. The number of imidazole rings is 2. The van der Waals surface area contributed by atoms with Crippen LogP contribution in [0.5, 0.6) is 0 Å². The van der Waals surface area contributed by atoms with E-state index in [0.717, 1.165) is 22.2 Å². The van der Waals surface area contributed by atoms with Gasteiger partial charge in [-0.15, -0.1) is 12.4 Å². The molecule has 1 amide bonds. The van der Waals surface area contributed by atoms with Crippen LogP contribution in [0, 0.1) is 25.2 Å². The summed E-state index contributed by atoms with van der Waals surface area (Å²) in [5.74, 6) is -0.508. The lowest BCUT2D eigenvalue weighted by Crippen LogP contribution is -2.12. The van der Waals surface area contributed by atoms with Crippen LogP contribution in [0.3, 0.4) is 0 Å². The number of H-pyrrole nitrogens is 2. The molecule has 0 spiro atoms. The number of carbonyl (C=O) groups excluding carboxylic acids is 1. The molecule has 8 N–H and O–H groups in total. The minimum absolute atomic E-state index is 0. The number of benzene rings is 2. The van der Waals surface area contributed by atoms with Crippen LogP contribution in [0.15, 0.2) is 24.8 Å². The van der Waals surface area contributed by atoms with Gasteiger partial charge in [-0.3, -0.25) is 4.79 Å². The van der Waals surface area contributed by atoms with Gasteiger partial charge in [-0.05, 0) is 37.1 Å². The zero-order chi connectivity index (χ0) is 19.7. The van der Waals surface area contributed by atoms with E-state index in [1.807, 2.05) is 13.8 Å². The number of hydrogen-bond acceptors (Lipinski definition) is 6. The molecule has 0 aliphatic heterocycles. The number of halogens is 1. The van der Waals surface area contributed by atoms with E-state index >= 15 is 0 Å². The molecule has 0 bridgehead atoms. The molecule has 0 aliphatic carbocycles. The number of nitrogens with zero attached hydrogens (tertiary/aromatic N) is 3. The standard InChI is InChI=1S/C9H10N4O.C9H8N4.ClH/c1-4-6(10)2-5(9(11)14)8-7(4)12-3-13-8;1-5-7(11)2-6(3-10)9-8(5)12-4-13-9;/h2-3H,10H2,1H3,(H2,11,14)(H,12,13);2,4H,11H2,1H3,(H,12,13);1H. The third-order valence-corrected chi connectivity index (χ3v) is 4.38. The number of nitrogens with two attached hydrogens (primary N) is 3. The van der Waals surface area contributed by atoms with Crippen molar-refractivity contribution in [2.24, 2.45) is 5.73 Å². The Balaban J connectivity index is 0.000000194. The van der Waals surface area contributed by atoms with Gasteiger partial charge in [0.15, 0.2) is 0 Å². The number of carbonyl (C=O) groups is 1. The third kappa shape index (κ3) is 3.41. The molecule has 0 aliphatic rings. The Morgan fingerprint density at radius 3 is 2.04 bits per heavy atom. The Bertz CT molecular complexity index is 1220. The van der Waals surface area contributed by atoms with Crippen LogP contribution in [-0.4, -0.2) is 25.8 Å². The van der Waals surface area contributed by atoms with Crippen molar-refractivity contribution in [3.8, 4) is 6.07 Å². The number of amides is 1. The fourth-order valence-electron chi connectivity index (χ4n) is 2.80. The van der Waals surface area contributed by atoms with Crippen molar-refractivity contribution in [1.82, 2.24) is 19.9 Å². The van der Waals surface area contributed by atoms with Gasteiger partial charge in [0.05, 0.1) is 45.8 Å². The van der Waals surface area contributed by atoms with Crippen molar-refractivity contribution in [3.05, 3.63) is 47.0 Å². The Kier molecular flexibility index (Phi) is 5.76. The second kappa shape index (κ2) is 7.85. The van der Waals surface area contributed by atoms with Crippen LogP contribution in [0.2, 0.25) is 0 Å². The summed E-state index contributed by atoms with van der Waals surface area (Å²) in [5.41, 5.74) is 23.3. The SMILES string of the molecule is Cc1c(N)cc(C#N)c2[nH]cnc12.Cc1c(N)cc(C(N)=O)c2[nH]cnc12.Cl. The van der Waals surface area contributed by atoms with Gasteiger partial charge < -0.3 is 27.2 Å². The first-order chi connectivity index (χ1) is 12.8. The van der Waals surface area contributed by atoms with Crippen LogP contribution in [0.1, 0.15) is 27.0 Å². The molecular weight excluding hydrogens is 380 g/mol. The van der Waals surface area contributed by atoms with Crippen LogP contribution < -0.4 is 17.2 Å². The molecule has 0 unspecified atom stereocenters. The number of aromatic nitrogens is 4. The van der Waals surface area contributed by atoms with E-state index in [-0.39, 0.29) is 12.4 Å². The molecule has 2 aromatic carbocycles. The minimum atomic E-state index is -0.508. The molecule has 4 aromatic rings. The number of nitrogens with one attached hydrogen (secondary N) is 2. The maximum atomic E-state index is 11.1. The average molecular weight is 399 g/mol. The fourth-order valence-corrected chi connectivity index (χ4v) is 2.80. The average Bonchev–Trinajstić information content (AvgIpc) is 3.31.